The minimum Gasteiger partial charge on any atom is -0.440 e. The molecule has 0 saturated heterocycles. The van der Waals surface area contributed by atoms with E-state index in [0.29, 0.717) is 5.92 Å². The number of thiophene rings is 1. The number of nitrogens with zero attached hydrogens (tertiary/aromatic N) is 1. The Hall–Kier alpha value is -1.33. The van der Waals surface area contributed by atoms with Gasteiger partial charge in [0.2, 0.25) is 0 Å². The van der Waals surface area contributed by atoms with Crippen molar-refractivity contribution in [3.63, 3.8) is 0 Å². The Morgan fingerprint density at radius 3 is 2.71 bits per heavy atom. The molecule has 110 valence electrons. The Balaban J connectivity index is 1.86. The van der Waals surface area contributed by atoms with Gasteiger partial charge in [0, 0.05) is 21.0 Å². The summed E-state index contributed by atoms with van der Waals surface area (Å²) < 4.78 is 6.89. The van der Waals surface area contributed by atoms with Gasteiger partial charge in [-0.3, -0.25) is 0 Å². The molecule has 3 nitrogen and oxygen atoms in total. The lowest BCUT2D eigenvalue weighted by atomic mass is 10.2. The standard InChI is InChI=1S/C16H17BrN2OS/c1-9(2)16-19-13-8-11(4-5-14(13)20-16)18-10(3)15-12(17)6-7-21-15/h4-10,18H,1-3H3. The highest BCUT2D eigenvalue weighted by Gasteiger charge is 2.13. The van der Waals surface area contributed by atoms with Crippen molar-refractivity contribution in [2.45, 2.75) is 32.7 Å². The summed E-state index contributed by atoms with van der Waals surface area (Å²) in [5.41, 5.74) is 2.80. The first-order valence-electron chi connectivity index (χ1n) is 6.94. The molecule has 0 aliphatic heterocycles. The van der Waals surface area contributed by atoms with Gasteiger partial charge in [0.05, 0.1) is 6.04 Å². The van der Waals surface area contributed by atoms with E-state index in [1.54, 1.807) is 11.3 Å². The van der Waals surface area contributed by atoms with E-state index in [4.69, 9.17) is 4.42 Å². The average Bonchev–Trinajstić information content (AvgIpc) is 3.04. The monoisotopic (exact) mass is 364 g/mol. The van der Waals surface area contributed by atoms with Crippen LogP contribution in [0.1, 0.15) is 43.5 Å². The van der Waals surface area contributed by atoms with Crippen LogP contribution in [0.4, 0.5) is 5.69 Å². The van der Waals surface area contributed by atoms with E-state index in [0.717, 1.165) is 27.2 Å². The Bertz CT molecular complexity index is 763. The maximum Gasteiger partial charge on any atom is 0.198 e. The molecule has 0 aliphatic carbocycles. The molecule has 1 aromatic carbocycles. The predicted octanol–water partition coefficient (Wildman–Crippen LogP) is 5.95. The number of anilines is 1. The molecule has 0 bridgehead atoms. The lowest BCUT2D eigenvalue weighted by Gasteiger charge is -2.14. The van der Waals surface area contributed by atoms with E-state index in [-0.39, 0.29) is 6.04 Å². The summed E-state index contributed by atoms with van der Waals surface area (Å²) in [5.74, 6) is 1.09. The van der Waals surface area contributed by atoms with E-state index in [9.17, 15) is 0 Å². The zero-order valence-corrected chi connectivity index (χ0v) is 14.6. The minimum absolute atomic E-state index is 0.244. The zero-order chi connectivity index (χ0) is 15.0. The zero-order valence-electron chi connectivity index (χ0n) is 12.2. The molecular weight excluding hydrogens is 348 g/mol. The Kier molecular flexibility index (Phi) is 4.04. The molecule has 2 heterocycles. The quantitative estimate of drug-likeness (QED) is 0.621. The number of oxazole rings is 1. The molecule has 5 heteroatoms. The van der Waals surface area contributed by atoms with Gasteiger partial charge in [-0.2, -0.15) is 0 Å². The lowest BCUT2D eigenvalue weighted by Crippen LogP contribution is -2.05. The molecule has 0 saturated carbocycles. The normalized spacial score (nSPS) is 13.0. The molecular formula is C16H17BrN2OS. The number of rotatable bonds is 4. The molecule has 0 aliphatic rings. The van der Waals surface area contributed by atoms with Crippen LogP contribution in [0.2, 0.25) is 0 Å². The van der Waals surface area contributed by atoms with Crippen LogP contribution < -0.4 is 5.32 Å². The van der Waals surface area contributed by atoms with Crippen LogP contribution in [0.25, 0.3) is 11.1 Å². The molecule has 2 aromatic heterocycles. The van der Waals surface area contributed by atoms with Crippen molar-refractivity contribution in [1.29, 1.82) is 0 Å². The second kappa shape index (κ2) is 5.81. The van der Waals surface area contributed by atoms with Crippen LogP contribution in [0.15, 0.2) is 38.5 Å². The fraction of sp³-hybridized carbons (Fsp3) is 0.312. The topological polar surface area (TPSA) is 38.1 Å². The first-order chi connectivity index (χ1) is 10.0. The van der Waals surface area contributed by atoms with E-state index in [1.165, 1.54) is 4.88 Å². The number of aromatic nitrogens is 1. The fourth-order valence-corrected chi connectivity index (χ4v) is 3.94. The smallest absolute Gasteiger partial charge is 0.198 e. The number of fused-ring (bicyclic) bond motifs is 1. The molecule has 3 aromatic rings. The van der Waals surface area contributed by atoms with Crippen molar-refractivity contribution in [2.24, 2.45) is 0 Å². The average molecular weight is 365 g/mol. The maximum absolute atomic E-state index is 5.74. The van der Waals surface area contributed by atoms with Crippen LogP contribution in [0, 0.1) is 0 Å². The lowest BCUT2D eigenvalue weighted by molar-refractivity contribution is 0.501. The SMILES string of the molecule is CC(C)c1nc2cc(NC(C)c3sccc3Br)ccc2o1. The first kappa shape index (κ1) is 14.6. The summed E-state index contributed by atoms with van der Waals surface area (Å²) in [5, 5.41) is 5.61. The van der Waals surface area contributed by atoms with Gasteiger partial charge in [0.1, 0.15) is 5.52 Å². The van der Waals surface area contributed by atoms with Gasteiger partial charge >= 0.3 is 0 Å². The summed E-state index contributed by atoms with van der Waals surface area (Å²) in [4.78, 5) is 5.84. The van der Waals surface area contributed by atoms with Crippen LogP contribution in [0.5, 0.6) is 0 Å². The van der Waals surface area contributed by atoms with Gasteiger partial charge in [-0.25, -0.2) is 4.98 Å². The maximum atomic E-state index is 5.74. The van der Waals surface area contributed by atoms with E-state index in [1.807, 2.05) is 18.2 Å². The number of benzene rings is 1. The highest BCUT2D eigenvalue weighted by molar-refractivity contribution is 9.10. The third-order valence-electron chi connectivity index (χ3n) is 3.32. The van der Waals surface area contributed by atoms with Crippen molar-refractivity contribution in [3.05, 3.63) is 44.9 Å². The molecule has 0 fully saturated rings. The second-order valence-corrected chi connectivity index (χ2v) is 7.19. The van der Waals surface area contributed by atoms with Crippen LogP contribution in [-0.2, 0) is 0 Å². The van der Waals surface area contributed by atoms with E-state index >= 15 is 0 Å². The summed E-state index contributed by atoms with van der Waals surface area (Å²) in [6.45, 7) is 6.32. The highest BCUT2D eigenvalue weighted by Crippen LogP contribution is 2.32. The van der Waals surface area contributed by atoms with E-state index in [2.05, 4.69) is 58.4 Å². The van der Waals surface area contributed by atoms with Crippen molar-refractivity contribution >= 4 is 44.1 Å². The van der Waals surface area contributed by atoms with Crippen LogP contribution in [-0.4, -0.2) is 4.98 Å². The first-order valence-corrected chi connectivity index (χ1v) is 8.62. The molecule has 1 unspecified atom stereocenters. The molecule has 21 heavy (non-hydrogen) atoms. The van der Waals surface area contributed by atoms with E-state index < -0.39 is 0 Å². The molecule has 1 N–H and O–H groups in total. The molecule has 3 rings (SSSR count). The highest BCUT2D eigenvalue weighted by atomic mass is 79.9. The molecule has 1 atom stereocenters. The van der Waals surface area contributed by atoms with Crippen LogP contribution in [0.3, 0.4) is 0 Å². The number of hydrogen-bond donors (Lipinski definition) is 1. The Morgan fingerprint density at radius 1 is 1.24 bits per heavy atom. The third kappa shape index (κ3) is 2.99. The molecule has 0 spiro atoms. The van der Waals surface area contributed by atoms with Gasteiger partial charge in [-0.15, -0.1) is 11.3 Å². The van der Waals surface area contributed by atoms with Crippen molar-refractivity contribution in [1.82, 2.24) is 4.98 Å². The summed E-state index contributed by atoms with van der Waals surface area (Å²) in [7, 11) is 0. The second-order valence-electron chi connectivity index (χ2n) is 5.39. The number of halogens is 1. The fourth-order valence-electron chi connectivity index (χ4n) is 2.21. The van der Waals surface area contributed by atoms with Crippen LogP contribution >= 0.6 is 27.3 Å². The largest absolute Gasteiger partial charge is 0.440 e. The summed E-state index contributed by atoms with van der Waals surface area (Å²) in [6.07, 6.45) is 0. The third-order valence-corrected chi connectivity index (χ3v) is 5.37. The van der Waals surface area contributed by atoms with Gasteiger partial charge in [-0.1, -0.05) is 13.8 Å². The minimum atomic E-state index is 0.244. The van der Waals surface area contributed by atoms with Gasteiger partial charge in [0.15, 0.2) is 11.5 Å². The predicted molar refractivity (Wildman–Crippen MR) is 92.2 cm³/mol. The van der Waals surface area contributed by atoms with Crippen molar-refractivity contribution < 1.29 is 4.42 Å². The van der Waals surface area contributed by atoms with Gasteiger partial charge in [0.25, 0.3) is 0 Å². The Labute approximate surface area is 136 Å². The van der Waals surface area contributed by atoms with Gasteiger partial charge in [-0.05, 0) is 52.5 Å². The number of nitrogens with one attached hydrogen (secondary N) is 1. The molecule has 0 radical (unpaired) electrons. The summed E-state index contributed by atoms with van der Waals surface area (Å²) >= 11 is 5.33. The molecule has 0 amide bonds. The van der Waals surface area contributed by atoms with Crippen molar-refractivity contribution in [2.75, 3.05) is 5.32 Å². The Morgan fingerprint density at radius 2 is 2.05 bits per heavy atom. The number of hydrogen-bond acceptors (Lipinski definition) is 4. The summed E-state index contributed by atoms with van der Waals surface area (Å²) in [6, 6.07) is 8.38. The van der Waals surface area contributed by atoms with Gasteiger partial charge < -0.3 is 9.73 Å². The van der Waals surface area contributed by atoms with Crippen molar-refractivity contribution in [3.8, 4) is 0 Å².